The lowest BCUT2D eigenvalue weighted by Gasteiger charge is -2.11. The number of hydrogen-bond donors (Lipinski definition) is 2. The molecule has 0 aliphatic carbocycles. The van der Waals surface area contributed by atoms with Crippen LogP contribution in [0.5, 0.6) is 0 Å². The van der Waals surface area contributed by atoms with Gasteiger partial charge in [0.15, 0.2) is 0 Å². The number of sulfonamides is 1. The van der Waals surface area contributed by atoms with Crippen LogP contribution in [0.1, 0.15) is 27.0 Å². The van der Waals surface area contributed by atoms with E-state index in [0.29, 0.717) is 17.8 Å². The van der Waals surface area contributed by atoms with Crippen molar-refractivity contribution in [1.29, 1.82) is 0 Å². The van der Waals surface area contributed by atoms with Crippen LogP contribution in [-0.2, 0) is 15.8 Å². The van der Waals surface area contributed by atoms with E-state index in [9.17, 15) is 13.2 Å². The molecule has 8 heteroatoms. The molecule has 2 N–H and O–H groups in total. The molecule has 0 fully saturated rings. The van der Waals surface area contributed by atoms with Crippen LogP contribution in [0.15, 0.2) is 71.6 Å². The zero-order chi connectivity index (χ0) is 23.1. The monoisotopic (exact) mass is 488 g/mol. The van der Waals surface area contributed by atoms with E-state index in [-0.39, 0.29) is 15.8 Å². The summed E-state index contributed by atoms with van der Waals surface area (Å²) >= 11 is 8.00. The average Bonchev–Trinajstić information content (AvgIpc) is 2.74. The smallest absolute Gasteiger partial charge is 0.261 e. The first-order valence-corrected chi connectivity index (χ1v) is 13.1. The van der Waals surface area contributed by atoms with Crippen LogP contribution in [0.2, 0.25) is 5.02 Å². The Morgan fingerprint density at radius 3 is 2.41 bits per heavy atom. The van der Waals surface area contributed by atoms with Crippen molar-refractivity contribution < 1.29 is 13.2 Å². The van der Waals surface area contributed by atoms with Gasteiger partial charge < -0.3 is 5.32 Å². The highest BCUT2D eigenvalue weighted by molar-refractivity contribution is 7.98. The van der Waals surface area contributed by atoms with E-state index in [2.05, 4.69) is 29.1 Å². The second kappa shape index (κ2) is 10.9. The Hall–Kier alpha value is -2.48. The number of benzene rings is 3. The Bertz CT molecular complexity index is 1200. The van der Waals surface area contributed by atoms with Gasteiger partial charge in [-0.05, 0) is 55.3 Å². The predicted molar refractivity (Wildman–Crippen MR) is 133 cm³/mol. The Labute approximate surface area is 198 Å². The van der Waals surface area contributed by atoms with Gasteiger partial charge in [-0.2, -0.15) is 11.8 Å². The summed E-state index contributed by atoms with van der Waals surface area (Å²) in [6.07, 6.45) is 0. The van der Waals surface area contributed by atoms with Crippen molar-refractivity contribution in [3.05, 3.63) is 94.0 Å². The van der Waals surface area contributed by atoms with E-state index in [4.69, 9.17) is 11.6 Å². The molecule has 3 rings (SSSR count). The van der Waals surface area contributed by atoms with Gasteiger partial charge in [-0.3, -0.25) is 9.52 Å². The Kier molecular flexibility index (Phi) is 8.23. The van der Waals surface area contributed by atoms with Crippen molar-refractivity contribution in [2.24, 2.45) is 0 Å². The molecular formula is C24H25ClN2O3S2. The fourth-order valence-corrected chi connectivity index (χ4v) is 5.23. The van der Waals surface area contributed by atoms with Crippen LogP contribution in [0.3, 0.4) is 0 Å². The van der Waals surface area contributed by atoms with Crippen molar-refractivity contribution in [1.82, 2.24) is 5.32 Å². The topological polar surface area (TPSA) is 75.3 Å². The van der Waals surface area contributed by atoms with E-state index in [1.807, 2.05) is 19.1 Å². The van der Waals surface area contributed by atoms with Crippen molar-refractivity contribution in [3.8, 4) is 0 Å². The van der Waals surface area contributed by atoms with E-state index in [1.165, 1.54) is 41.5 Å². The number of halogens is 1. The van der Waals surface area contributed by atoms with E-state index < -0.39 is 10.0 Å². The summed E-state index contributed by atoms with van der Waals surface area (Å²) in [5, 5.41) is 3.04. The van der Waals surface area contributed by atoms with E-state index in [0.717, 1.165) is 17.1 Å². The summed E-state index contributed by atoms with van der Waals surface area (Å²) < 4.78 is 27.6. The molecular weight excluding hydrogens is 464 g/mol. The van der Waals surface area contributed by atoms with Gasteiger partial charge in [0.2, 0.25) is 0 Å². The number of carbonyl (C=O) groups is 1. The van der Waals surface area contributed by atoms with Crippen molar-refractivity contribution in [3.63, 3.8) is 0 Å². The molecule has 1 amide bonds. The standard InChI is InChI=1S/C24H25ClN2O3S2/c1-17-7-10-21(11-8-17)32(29,30)27-20-9-12-22(23(25)15-20)24(28)26-13-14-31-16-19-6-4-3-5-18(19)2/h3-12,15,27H,13-14,16H2,1-2H3,(H,26,28). The quantitative estimate of drug-likeness (QED) is 0.394. The third-order valence-corrected chi connectivity index (χ3v) is 7.57. The fraction of sp³-hybridized carbons (Fsp3) is 0.208. The van der Waals surface area contributed by atoms with Crippen LogP contribution in [0.25, 0.3) is 0 Å². The van der Waals surface area contributed by atoms with Crippen LogP contribution in [-0.4, -0.2) is 26.6 Å². The van der Waals surface area contributed by atoms with E-state index >= 15 is 0 Å². The Balaban J connectivity index is 1.53. The highest BCUT2D eigenvalue weighted by Crippen LogP contribution is 2.24. The molecule has 0 aromatic heterocycles. The van der Waals surface area contributed by atoms with Crippen LogP contribution in [0.4, 0.5) is 5.69 Å². The molecule has 0 heterocycles. The normalized spacial score (nSPS) is 11.2. The van der Waals surface area contributed by atoms with Crippen LogP contribution >= 0.6 is 23.4 Å². The first-order chi connectivity index (χ1) is 15.3. The van der Waals surface area contributed by atoms with Gasteiger partial charge in [-0.25, -0.2) is 8.42 Å². The molecule has 5 nitrogen and oxygen atoms in total. The van der Waals surface area contributed by atoms with Crippen molar-refractivity contribution >= 4 is 45.0 Å². The number of rotatable bonds is 9. The fourth-order valence-electron chi connectivity index (χ4n) is 2.98. The summed E-state index contributed by atoms with van der Waals surface area (Å²) in [6, 6.07) is 19.3. The average molecular weight is 489 g/mol. The lowest BCUT2D eigenvalue weighted by Crippen LogP contribution is -2.26. The van der Waals surface area contributed by atoms with Crippen molar-refractivity contribution in [2.45, 2.75) is 24.5 Å². The Morgan fingerprint density at radius 1 is 1.00 bits per heavy atom. The highest BCUT2D eigenvalue weighted by atomic mass is 35.5. The largest absolute Gasteiger partial charge is 0.351 e. The summed E-state index contributed by atoms with van der Waals surface area (Å²) in [6.45, 7) is 4.48. The first-order valence-electron chi connectivity index (χ1n) is 10.1. The zero-order valence-electron chi connectivity index (χ0n) is 17.9. The first kappa shape index (κ1) is 24.2. The minimum Gasteiger partial charge on any atom is -0.351 e. The van der Waals surface area contributed by atoms with Gasteiger partial charge in [-0.15, -0.1) is 0 Å². The summed E-state index contributed by atoms with van der Waals surface area (Å²) in [5.41, 5.74) is 4.11. The molecule has 0 saturated carbocycles. The number of anilines is 1. The number of nitrogens with one attached hydrogen (secondary N) is 2. The van der Waals surface area contributed by atoms with Gasteiger partial charge in [-0.1, -0.05) is 53.6 Å². The van der Waals surface area contributed by atoms with Crippen molar-refractivity contribution in [2.75, 3.05) is 17.0 Å². The number of carbonyl (C=O) groups excluding carboxylic acids is 1. The summed E-state index contributed by atoms with van der Waals surface area (Å²) in [5.74, 6) is 1.37. The molecule has 3 aromatic rings. The maximum absolute atomic E-state index is 12.5. The van der Waals surface area contributed by atoms with E-state index in [1.54, 1.807) is 23.9 Å². The third kappa shape index (κ3) is 6.51. The zero-order valence-corrected chi connectivity index (χ0v) is 20.3. The third-order valence-electron chi connectivity index (χ3n) is 4.85. The van der Waals surface area contributed by atoms with Gasteiger partial charge >= 0.3 is 0 Å². The maximum Gasteiger partial charge on any atom is 0.261 e. The minimum atomic E-state index is -3.74. The molecule has 0 aliphatic heterocycles. The molecule has 0 unspecified atom stereocenters. The van der Waals surface area contributed by atoms with Gasteiger partial charge in [0.05, 0.1) is 21.2 Å². The van der Waals surface area contributed by atoms with Gasteiger partial charge in [0.1, 0.15) is 0 Å². The number of amides is 1. The van der Waals surface area contributed by atoms with Crippen LogP contribution < -0.4 is 10.0 Å². The van der Waals surface area contributed by atoms with Gasteiger partial charge in [0, 0.05) is 18.1 Å². The molecule has 0 aliphatic rings. The lowest BCUT2D eigenvalue weighted by molar-refractivity contribution is 0.0956. The van der Waals surface area contributed by atoms with Gasteiger partial charge in [0.25, 0.3) is 15.9 Å². The Morgan fingerprint density at radius 2 is 1.72 bits per heavy atom. The number of thioether (sulfide) groups is 1. The molecule has 0 saturated heterocycles. The molecule has 0 spiro atoms. The lowest BCUT2D eigenvalue weighted by atomic mass is 10.1. The number of aryl methyl sites for hydroxylation is 2. The summed E-state index contributed by atoms with van der Waals surface area (Å²) in [4.78, 5) is 12.6. The molecule has 0 bridgehead atoms. The molecule has 32 heavy (non-hydrogen) atoms. The molecule has 168 valence electrons. The second-order valence-corrected chi connectivity index (χ2v) is 10.5. The SMILES string of the molecule is Cc1ccc(S(=O)(=O)Nc2ccc(C(=O)NCCSCc3ccccc3C)c(Cl)c2)cc1. The maximum atomic E-state index is 12.5. The van der Waals surface area contributed by atoms with Crippen LogP contribution in [0, 0.1) is 13.8 Å². The number of hydrogen-bond acceptors (Lipinski definition) is 4. The second-order valence-electron chi connectivity index (χ2n) is 7.35. The highest BCUT2D eigenvalue weighted by Gasteiger charge is 2.16. The predicted octanol–water partition coefficient (Wildman–Crippen LogP) is 5.42. The molecule has 3 aromatic carbocycles. The summed E-state index contributed by atoms with van der Waals surface area (Å²) in [7, 11) is -3.74. The minimum absolute atomic E-state index is 0.157. The molecule has 0 atom stereocenters. The molecule has 0 radical (unpaired) electrons.